The Morgan fingerprint density at radius 3 is 1.97 bits per heavy atom. The Labute approximate surface area is 181 Å². The molecule has 3 aromatic carbocycles. The van der Waals surface area contributed by atoms with Crippen molar-refractivity contribution in [2.24, 2.45) is 0 Å². The molecule has 0 unspecified atom stereocenters. The quantitative estimate of drug-likeness (QED) is 0.594. The lowest BCUT2D eigenvalue weighted by Gasteiger charge is -2.25. The van der Waals surface area contributed by atoms with Gasteiger partial charge < -0.3 is 15.5 Å². The first-order valence-electron chi connectivity index (χ1n) is 10.0. The average molecular weight is 415 g/mol. The van der Waals surface area contributed by atoms with E-state index in [4.69, 9.17) is 0 Å². The molecule has 0 saturated heterocycles. The molecule has 2 N–H and O–H groups in total. The summed E-state index contributed by atoms with van der Waals surface area (Å²) >= 11 is 0. The van der Waals surface area contributed by atoms with Gasteiger partial charge in [0.25, 0.3) is 5.91 Å². The molecule has 0 spiro atoms. The number of hydrogen-bond acceptors (Lipinski definition) is 3. The van der Waals surface area contributed by atoms with Gasteiger partial charge in [0.1, 0.15) is 6.04 Å². The Morgan fingerprint density at radius 1 is 0.806 bits per heavy atom. The van der Waals surface area contributed by atoms with E-state index in [1.54, 1.807) is 31.3 Å². The summed E-state index contributed by atoms with van der Waals surface area (Å²) in [5.41, 5.74) is 2.13. The molecule has 0 aliphatic rings. The second-order valence-corrected chi connectivity index (χ2v) is 7.09. The van der Waals surface area contributed by atoms with Crippen molar-refractivity contribution >= 4 is 23.4 Å². The average Bonchev–Trinajstić information content (AvgIpc) is 2.83. The Hall–Kier alpha value is -3.93. The zero-order chi connectivity index (χ0) is 22.1. The van der Waals surface area contributed by atoms with E-state index in [-0.39, 0.29) is 18.4 Å². The van der Waals surface area contributed by atoms with E-state index in [0.717, 1.165) is 11.3 Å². The third-order valence-electron chi connectivity index (χ3n) is 4.84. The largest absolute Gasteiger partial charge is 0.343 e. The van der Waals surface area contributed by atoms with E-state index >= 15 is 0 Å². The molecule has 3 rings (SSSR count). The standard InChI is InChI=1S/C25H25N3O3/c1-28(21-15-9-4-10-16-21)25(31)22(17-19-11-5-2-6-12-19)27-23(29)18-26-24(30)20-13-7-3-8-14-20/h2-16,22H,17-18H2,1H3,(H,26,30)(H,27,29)/t22-/m0/s1. The van der Waals surface area contributed by atoms with E-state index in [2.05, 4.69) is 10.6 Å². The van der Waals surface area contributed by atoms with Crippen LogP contribution in [-0.4, -0.2) is 37.4 Å². The van der Waals surface area contributed by atoms with Crippen molar-refractivity contribution in [1.82, 2.24) is 10.6 Å². The van der Waals surface area contributed by atoms with Crippen LogP contribution in [0.15, 0.2) is 91.0 Å². The maximum absolute atomic E-state index is 13.2. The highest BCUT2D eigenvalue weighted by molar-refractivity contribution is 6.00. The van der Waals surface area contributed by atoms with E-state index < -0.39 is 11.9 Å². The van der Waals surface area contributed by atoms with Crippen LogP contribution < -0.4 is 15.5 Å². The van der Waals surface area contributed by atoms with Crippen LogP contribution in [-0.2, 0) is 16.0 Å². The van der Waals surface area contributed by atoms with Crippen molar-refractivity contribution < 1.29 is 14.4 Å². The minimum Gasteiger partial charge on any atom is -0.343 e. The zero-order valence-corrected chi connectivity index (χ0v) is 17.3. The lowest BCUT2D eigenvalue weighted by atomic mass is 10.0. The van der Waals surface area contributed by atoms with Gasteiger partial charge in [-0.1, -0.05) is 66.7 Å². The monoisotopic (exact) mass is 415 g/mol. The van der Waals surface area contributed by atoms with Crippen LogP contribution in [0.1, 0.15) is 15.9 Å². The second-order valence-electron chi connectivity index (χ2n) is 7.09. The van der Waals surface area contributed by atoms with Gasteiger partial charge in [0.2, 0.25) is 11.8 Å². The number of carbonyl (C=O) groups is 3. The summed E-state index contributed by atoms with van der Waals surface area (Å²) in [6, 6.07) is 26.6. The van der Waals surface area contributed by atoms with Crippen molar-refractivity contribution in [3.8, 4) is 0 Å². The summed E-state index contributed by atoms with van der Waals surface area (Å²) < 4.78 is 0. The fourth-order valence-corrected chi connectivity index (χ4v) is 3.16. The summed E-state index contributed by atoms with van der Waals surface area (Å²) in [6.45, 7) is -0.221. The van der Waals surface area contributed by atoms with Crippen LogP contribution in [0.3, 0.4) is 0 Å². The van der Waals surface area contributed by atoms with Gasteiger partial charge in [-0.2, -0.15) is 0 Å². The van der Waals surface area contributed by atoms with Gasteiger partial charge in [-0.15, -0.1) is 0 Å². The molecule has 0 radical (unpaired) electrons. The molecule has 1 atom stereocenters. The molecule has 0 aliphatic heterocycles. The third kappa shape index (κ3) is 6.27. The highest BCUT2D eigenvalue weighted by Gasteiger charge is 2.25. The fraction of sp³-hybridized carbons (Fsp3) is 0.160. The molecule has 6 nitrogen and oxygen atoms in total. The summed E-state index contributed by atoms with van der Waals surface area (Å²) in [5.74, 6) is -1.01. The Kier molecular flexibility index (Phi) is 7.54. The van der Waals surface area contributed by atoms with E-state index in [1.807, 2.05) is 66.7 Å². The Morgan fingerprint density at radius 2 is 1.35 bits per heavy atom. The second kappa shape index (κ2) is 10.7. The van der Waals surface area contributed by atoms with Crippen LogP contribution in [0.2, 0.25) is 0 Å². The normalized spacial score (nSPS) is 11.3. The molecule has 0 aliphatic carbocycles. The highest BCUT2D eigenvalue weighted by atomic mass is 16.2. The lowest BCUT2D eigenvalue weighted by molar-refractivity contribution is -0.126. The molecule has 31 heavy (non-hydrogen) atoms. The van der Waals surface area contributed by atoms with Crippen LogP contribution in [0.25, 0.3) is 0 Å². The molecule has 0 heterocycles. The number of carbonyl (C=O) groups excluding carboxylic acids is 3. The van der Waals surface area contributed by atoms with Gasteiger partial charge in [0.05, 0.1) is 6.54 Å². The Balaban J connectivity index is 1.68. The maximum atomic E-state index is 13.2. The van der Waals surface area contributed by atoms with Crippen molar-refractivity contribution in [3.63, 3.8) is 0 Å². The first-order valence-corrected chi connectivity index (χ1v) is 10.0. The number of rotatable bonds is 8. The first kappa shape index (κ1) is 21.8. The predicted molar refractivity (Wildman–Crippen MR) is 121 cm³/mol. The number of likely N-dealkylation sites (N-methyl/N-ethyl adjacent to an activating group) is 1. The number of amides is 3. The number of hydrogen-bond donors (Lipinski definition) is 2. The SMILES string of the molecule is CN(C(=O)[C@H](Cc1ccccc1)NC(=O)CNC(=O)c1ccccc1)c1ccccc1. The van der Waals surface area contributed by atoms with Crippen molar-refractivity contribution in [3.05, 3.63) is 102 Å². The molecule has 3 amide bonds. The van der Waals surface area contributed by atoms with Gasteiger partial charge in [-0.25, -0.2) is 0 Å². The van der Waals surface area contributed by atoms with Crippen molar-refractivity contribution in [2.75, 3.05) is 18.5 Å². The number of anilines is 1. The molecule has 158 valence electrons. The summed E-state index contributed by atoms with van der Waals surface area (Å²) in [5, 5.41) is 5.37. The van der Waals surface area contributed by atoms with Gasteiger partial charge in [0.15, 0.2) is 0 Å². The van der Waals surface area contributed by atoms with Gasteiger partial charge in [0, 0.05) is 24.7 Å². The molecule has 6 heteroatoms. The molecule has 3 aromatic rings. The minimum atomic E-state index is -0.770. The molecular formula is C25H25N3O3. The van der Waals surface area contributed by atoms with E-state index in [1.165, 1.54) is 4.90 Å². The zero-order valence-electron chi connectivity index (χ0n) is 17.3. The number of benzene rings is 3. The fourth-order valence-electron chi connectivity index (χ4n) is 3.16. The number of nitrogens with zero attached hydrogens (tertiary/aromatic N) is 1. The molecular weight excluding hydrogens is 390 g/mol. The van der Waals surface area contributed by atoms with E-state index in [0.29, 0.717) is 12.0 Å². The smallest absolute Gasteiger partial charge is 0.251 e. The third-order valence-corrected chi connectivity index (χ3v) is 4.84. The van der Waals surface area contributed by atoms with Crippen molar-refractivity contribution in [2.45, 2.75) is 12.5 Å². The van der Waals surface area contributed by atoms with Crippen molar-refractivity contribution in [1.29, 1.82) is 0 Å². The van der Waals surface area contributed by atoms with Crippen LogP contribution in [0.5, 0.6) is 0 Å². The molecule has 0 fully saturated rings. The van der Waals surface area contributed by atoms with Crippen LogP contribution in [0, 0.1) is 0 Å². The van der Waals surface area contributed by atoms with Crippen LogP contribution in [0.4, 0.5) is 5.69 Å². The Bertz CT molecular complexity index is 1010. The lowest BCUT2D eigenvalue weighted by Crippen LogP contribution is -2.51. The topological polar surface area (TPSA) is 78.5 Å². The number of para-hydroxylation sites is 1. The van der Waals surface area contributed by atoms with Gasteiger partial charge in [-0.3, -0.25) is 14.4 Å². The van der Waals surface area contributed by atoms with Gasteiger partial charge in [-0.05, 0) is 29.8 Å². The molecule has 0 bridgehead atoms. The highest BCUT2D eigenvalue weighted by Crippen LogP contribution is 2.14. The van der Waals surface area contributed by atoms with E-state index in [9.17, 15) is 14.4 Å². The predicted octanol–water partition coefficient (Wildman–Crippen LogP) is 2.81. The number of nitrogens with one attached hydrogen (secondary N) is 2. The summed E-state index contributed by atoms with van der Waals surface area (Å²) in [7, 11) is 1.68. The minimum absolute atomic E-state index is 0.221. The van der Waals surface area contributed by atoms with Gasteiger partial charge >= 0.3 is 0 Å². The molecule has 0 saturated carbocycles. The first-order chi connectivity index (χ1) is 15.0. The van der Waals surface area contributed by atoms with Crippen LogP contribution >= 0.6 is 0 Å². The summed E-state index contributed by atoms with van der Waals surface area (Å²) in [6.07, 6.45) is 0.342. The summed E-state index contributed by atoms with van der Waals surface area (Å²) in [4.78, 5) is 39.4. The maximum Gasteiger partial charge on any atom is 0.251 e. The molecule has 0 aromatic heterocycles.